The van der Waals surface area contributed by atoms with Crippen molar-refractivity contribution in [2.45, 2.75) is 13.1 Å². The zero-order valence-electron chi connectivity index (χ0n) is 9.57. The fourth-order valence-electron chi connectivity index (χ4n) is 1.26. The molecule has 0 amide bonds. The van der Waals surface area contributed by atoms with Crippen molar-refractivity contribution in [3.8, 4) is 5.75 Å². The summed E-state index contributed by atoms with van der Waals surface area (Å²) in [6.45, 7) is -0.312. The number of hydrogen-bond donors (Lipinski definition) is 2. The second kappa shape index (κ2) is 6.08. The van der Waals surface area contributed by atoms with E-state index in [9.17, 15) is 13.2 Å². The largest absolute Gasteiger partial charge is 0.492 e. The van der Waals surface area contributed by atoms with Crippen LogP contribution in [0.15, 0.2) is 18.2 Å². The monoisotopic (exact) mass is 264 g/mol. The molecule has 1 aromatic carbocycles. The van der Waals surface area contributed by atoms with E-state index >= 15 is 0 Å². The summed E-state index contributed by atoms with van der Waals surface area (Å²) in [5.41, 5.74) is 0.840. The highest BCUT2D eigenvalue weighted by molar-refractivity contribution is 6.59. The van der Waals surface area contributed by atoms with Crippen molar-refractivity contribution < 1.29 is 32.7 Å². The maximum atomic E-state index is 11.8. The molecule has 0 aliphatic heterocycles. The zero-order valence-corrected chi connectivity index (χ0v) is 9.57. The van der Waals surface area contributed by atoms with Crippen LogP contribution in [0.3, 0.4) is 0 Å². The smallest absolute Gasteiger partial charge is 0.468 e. The summed E-state index contributed by atoms with van der Waals surface area (Å²) in [4.78, 5) is 0. The van der Waals surface area contributed by atoms with Gasteiger partial charge in [-0.15, -0.1) is 0 Å². The van der Waals surface area contributed by atoms with Crippen molar-refractivity contribution in [1.82, 2.24) is 0 Å². The molecule has 18 heavy (non-hydrogen) atoms. The molecule has 0 saturated heterocycles. The Morgan fingerprint density at radius 3 is 2.50 bits per heavy atom. The van der Waals surface area contributed by atoms with Gasteiger partial charge in [0.05, 0.1) is 0 Å². The third-order valence-corrected chi connectivity index (χ3v) is 2.01. The van der Waals surface area contributed by atoms with Gasteiger partial charge in [-0.25, -0.2) is 0 Å². The van der Waals surface area contributed by atoms with Gasteiger partial charge in [0.25, 0.3) is 0 Å². The van der Waals surface area contributed by atoms with Gasteiger partial charge in [0.15, 0.2) is 6.79 Å². The Morgan fingerprint density at radius 1 is 1.28 bits per heavy atom. The van der Waals surface area contributed by atoms with Crippen molar-refractivity contribution in [2.75, 3.05) is 13.4 Å². The molecular formula is C10H12BF3O4. The first kappa shape index (κ1) is 14.8. The molecular weight excluding hydrogens is 252 g/mol. The van der Waals surface area contributed by atoms with E-state index in [0.29, 0.717) is 0 Å². The van der Waals surface area contributed by atoms with Crippen LogP contribution in [-0.4, -0.2) is 36.7 Å². The van der Waals surface area contributed by atoms with Crippen molar-refractivity contribution in [3.63, 3.8) is 0 Å². The Bertz CT molecular complexity index is 395. The molecule has 0 bridgehead atoms. The lowest BCUT2D eigenvalue weighted by Crippen LogP contribution is -2.32. The van der Waals surface area contributed by atoms with Crippen molar-refractivity contribution >= 4 is 12.6 Å². The molecule has 4 nitrogen and oxygen atoms in total. The van der Waals surface area contributed by atoms with Gasteiger partial charge in [-0.1, -0.05) is 17.7 Å². The Kier molecular flexibility index (Phi) is 5.00. The van der Waals surface area contributed by atoms with E-state index in [0.717, 1.165) is 5.56 Å². The van der Waals surface area contributed by atoms with Crippen molar-refractivity contribution in [3.05, 3.63) is 23.8 Å². The topological polar surface area (TPSA) is 58.9 Å². The molecule has 0 atom stereocenters. The third-order valence-electron chi connectivity index (χ3n) is 2.01. The lowest BCUT2D eigenvalue weighted by Gasteiger charge is -2.12. The summed E-state index contributed by atoms with van der Waals surface area (Å²) < 4.78 is 44.5. The Balaban J connectivity index is 2.57. The molecule has 0 spiro atoms. The van der Waals surface area contributed by atoms with Crippen LogP contribution in [-0.2, 0) is 4.74 Å². The van der Waals surface area contributed by atoms with E-state index in [-0.39, 0.29) is 11.2 Å². The van der Waals surface area contributed by atoms with Gasteiger partial charge in [0.1, 0.15) is 12.4 Å². The zero-order chi connectivity index (χ0) is 13.8. The Morgan fingerprint density at radius 2 is 1.94 bits per heavy atom. The maximum Gasteiger partial charge on any atom is 0.492 e. The number of aryl methyl sites for hydroxylation is 1. The summed E-state index contributed by atoms with van der Waals surface area (Å²) in [7, 11) is -1.76. The fourth-order valence-corrected chi connectivity index (χ4v) is 1.26. The van der Waals surface area contributed by atoms with E-state index in [4.69, 9.17) is 14.8 Å². The molecule has 0 radical (unpaired) electrons. The number of benzene rings is 1. The van der Waals surface area contributed by atoms with Gasteiger partial charge in [-0.2, -0.15) is 13.2 Å². The maximum absolute atomic E-state index is 11.8. The normalized spacial score (nSPS) is 11.4. The van der Waals surface area contributed by atoms with Gasteiger partial charge in [0.2, 0.25) is 0 Å². The highest BCUT2D eigenvalue weighted by Crippen LogP contribution is 2.15. The summed E-state index contributed by atoms with van der Waals surface area (Å²) in [5.74, 6) is 0.0674. The van der Waals surface area contributed by atoms with Gasteiger partial charge in [-0.05, 0) is 13.0 Å². The second-order valence-electron chi connectivity index (χ2n) is 3.64. The number of alkyl halides is 3. The van der Waals surface area contributed by atoms with E-state index in [1.54, 1.807) is 13.0 Å². The highest BCUT2D eigenvalue weighted by Gasteiger charge is 2.27. The van der Waals surface area contributed by atoms with E-state index < -0.39 is 26.7 Å². The van der Waals surface area contributed by atoms with Gasteiger partial charge >= 0.3 is 13.3 Å². The van der Waals surface area contributed by atoms with Gasteiger partial charge in [0, 0.05) is 5.46 Å². The first-order valence-electron chi connectivity index (χ1n) is 5.03. The average Bonchev–Trinajstić information content (AvgIpc) is 2.24. The number of hydrogen-bond acceptors (Lipinski definition) is 4. The van der Waals surface area contributed by atoms with Crippen LogP contribution in [0, 0.1) is 6.92 Å². The SMILES string of the molecule is Cc1ccc(OCOCC(F)(F)F)c(B(O)O)c1. The Hall–Kier alpha value is -1.25. The predicted molar refractivity (Wildman–Crippen MR) is 58.5 cm³/mol. The summed E-state index contributed by atoms with van der Waals surface area (Å²) in [5, 5.41) is 18.1. The first-order valence-corrected chi connectivity index (χ1v) is 5.03. The molecule has 1 rings (SSSR count). The van der Waals surface area contributed by atoms with E-state index in [1.807, 2.05) is 0 Å². The lowest BCUT2D eigenvalue weighted by atomic mass is 9.79. The molecule has 0 aromatic heterocycles. The first-order chi connectivity index (χ1) is 8.29. The minimum atomic E-state index is -4.42. The van der Waals surface area contributed by atoms with Crippen molar-refractivity contribution in [2.24, 2.45) is 0 Å². The van der Waals surface area contributed by atoms with Gasteiger partial charge < -0.3 is 19.5 Å². The highest BCUT2D eigenvalue weighted by atomic mass is 19.4. The Labute approximate surface area is 102 Å². The van der Waals surface area contributed by atoms with Crippen LogP contribution in [0.25, 0.3) is 0 Å². The summed E-state index contributed by atoms with van der Waals surface area (Å²) in [6, 6.07) is 4.52. The molecule has 0 aliphatic carbocycles. The predicted octanol–water partition coefficient (Wildman–Crippen LogP) is 0.590. The van der Waals surface area contributed by atoms with Crippen LogP contribution in [0.1, 0.15) is 5.56 Å². The number of ether oxygens (including phenoxy) is 2. The number of rotatable bonds is 5. The fraction of sp³-hybridized carbons (Fsp3) is 0.400. The molecule has 8 heteroatoms. The molecule has 0 fully saturated rings. The summed E-state index contributed by atoms with van der Waals surface area (Å²) in [6.07, 6.45) is -4.42. The molecule has 0 saturated carbocycles. The molecule has 100 valence electrons. The molecule has 0 heterocycles. The molecule has 0 aliphatic rings. The van der Waals surface area contributed by atoms with Crippen LogP contribution in [0.2, 0.25) is 0 Å². The van der Waals surface area contributed by atoms with Crippen LogP contribution < -0.4 is 10.2 Å². The number of halogens is 3. The second-order valence-corrected chi connectivity index (χ2v) is 3.64. The molecule has 1 aromatic rings. The minimum Gasteiger partial charge on any atom is -0.468 e. The van der Waals surface area contributed by atoms with Gasteiger partial charge in [-0.3, -0.25) is 0 Å². The van der Waals surface area contributed by atoms with Crippen molar-refractivity contribution in [1.29, 1.82) is 0 Å². The third kappa shape index (κ3) is 4.95. The van der Waals surface area contributed by atoms with Crippen LogP contribution in [0.4, 0.5) is 13.2 Å². The molecule has 0 unspecified atom stereocenters. The molecule has 2 N–H and O–H groups in total. The van der Waals surface area contributed by atoms with E-state index in [1.165, 1.54) is 12.1 Å². The van der Waals surface area contributed by atoms with E-state index in [2.05, 4.69) is 4.74 Å². The standard InChI is InChI=1S/C10H12BF3O4/c1-7-2-3-9(8(4-7)11(15)16)18-6-17-5-10(12,13)14/h2-4,15-16H,5-6H2,1H3. The average molecular weight is 264 g/mol. The van der Waals surface area contributed by atoms with Crippen LogP contribution >= 0.6 is 0 Å². The van der Waals surface area contributed by atoms with Crippen LogP contribution in [0.5, 0.6) is 5.75 Å². The summed E-state index contributed by atoms with van der Waals surface area (Å²) >= 11 is 0. The quantitative estimate of drug-likeness (QED) is 0.464. The minimum absolute atomic E-state index is 0.0674. The lowest BCUT2D eigenvalue weighted by molar-refractivity contribution is -0.186.